The highest BCUT2D eigenvalue weighted by Gasteiger charge is 2.27. The first kappa shape index (κ1) is 12.0. The van der Waals surface area contributed by atoms with Crippen LogP contribution in [0.15, 0.2) is 0 Å². The Morgan fingerprint density at radius 2 is 2.07 bits per heavy atom. The zero-order chi connectivity index (χ0) is 10.4. The van der Waals surface area contributed by atoms with Crippen LogP contribution in [0.3, 0.4) is 0 Å². The lowest BCUT2D eigenvalue weighted by molar-refractivity contribution is 0.0460. The molecule has 0 aromatic carbocycles. The van der Waals surface area contributed by atoms with Crippen LogP contribution < -0.4 is 11.1 Å². The molecule has 0 aliphatic carbocycles. The molecule has 0 amide bonds. The lowest BCUT2D eigenvalue weighted by Crippen LogP contribution is -2.45. The summed E-state index contributed by atoms with van der Waals surface area (Å²) in [5, 5.41) is 3.44. The third-order valence-corrected chi connectivity index (χ3v) is 3.44. The first-order chi connectivity index (χ1) is 6.83. The minimum absolute atomic E-state index is 0.578. The third kappa shape index (κ3) is 2.94. The fraction of sp³-hybridized carbons (Fsp3) is 1.00. The molecule has 0 aromatic heterocycles. The molecule has 0 saturated carbocycles. The summed E-state index contributed by atoms with van der Waals surface area (Å²) in [4.78, 5) is 0. The second kappa shape index (κ2) is 6.38. The van der Waals surface area contributed by atoms with Gasteiger partial charge in [0.1, 0.15) is 0 Å². The van der Waals surface area contributed by atoms with E-state index in [1.54, 1.807) is 0 Å². The number of hydrogen-bond acceptors (Lipinski definition) is 3. The molecule has 2 unspecified atom stereocenters. The van der Waals surface area contributed by atoms with Gasteiger partial charge in [-0.25, -0.2) is 0 Å². The molecule has 1 saturated heterocycles. The summed E-state index contributed by atoms with van der Waals surface area (Å²) in [6.07, 6.45) is 3.53. The van der Waals surface area contributed by atoms with Gasteiger partial charge < -0.3 is 15.8 Å². The number of nitrogens with two attached hydrogens (primary N) is 1. The predicted molar refractivity (Wildman–Crippen MR) is 59.2 cm³/mol. The summed E-state index contributed by atoms with van der Waals surface area (Å²) >= 11 is 0. The van der Waals surface area contributed by atoms with Crippen molar-refractivity contribution in [1.29, 1.82) is 0 Å². The Balaban J connectivity index is 2.49. The molecule has 3 N–H and O–H groups in total. The summed E-state index contributed by atoms with van der Waals surface area (Å²) in [5.74, 6) is 1.37. The first-order valence-corrected chi connectivity index (χ1v) is 5.78. The van der Waals surface area contributed by atoms with E-state index in [0.717, 1.165) is 25.7 Å². The molecule has 1 aliphatic rings. The summed E-state index contributed by atoms with van der Waals surface area (Å²) < 4.78 is 5.38. The second-order valence-electron chi connectivity index (χ2n) is 4.17. The van der Waals surface area contributed by atoms with Gasteiger partial charge in [-0.2, -0.15) is 0 Å². The average molecular weight is 200 g/mol. The number of hydrogen-bond donors (Lipinski definition) is 2. The minimum Gasteiger partial charge on any atom is -0.381 e. The van der Waals surface area contributed by atoms with Crippen LogP contribution in [0.25, 0.3) is 0 Å². The molecular formula is C11H24N2O. The molecule has 3 nitrogen and oxygen atoms in total. The van der Waals surface area contributed by atoms with Crippen LogP contribution in [0.5, 0.6) is 0 Å². The normalized spacial score (nSPS) is 23.4. The van der Waals surface area contributed by atoms with Crippen LogP contribution in [0, 0.1) is 11.8 Å². The van der Waals surface area contributed by atoms with Crippen LogP contribution in [0.2, 0.25) is 0 Å². The van der Waals surface area contributed by atoms with Crippen LogP contribution in [0.1, 0.15) is 26.2 Å². The van der Waals surface area contributed by atoms with E-state index in [4.69, 9.17) is 10.5 Å². The maximum atomic E-state index is 5.80. The van der Waals surface area contributed by atoms with Crippen LogP contribution in [-0.4, -0.2) is 32.8 Å². The van der Waals surface area contributed by atoms with E-state index in [-0.39, 0.29) is 0 Å². The van der Waals surface area contributed by atoms with E-state index in [1.807, 2.05) is 0 Å². The summed E-state index contributed by atoms with van der Waals surface area (Å²) in [6, 6.07) is 0.578. The number of nitrogens with one attached hydrogen (secondary N) is 1. The Morgan fingerprint density at radius 1 is 1.43 bits per heavy atom. The molecule has 0 radical (unpaired) electrons. The molecule has 1 rings (SSSR count). The van der Waals surface area contributed by atoms with E-state index in [2.05, 4.69) is 19.3 Å². The zero-order valence-corrected chi connectivity index (χ0v) is 9.46. The highest BCUT2D eigenvalue weighted by molar-refractivity contribution is 4.83. The molecule has 1 aliphatic heterocycles. The molecule has 3 heteroatoms. The highest BCUT2D eigenvalue weighted by atomic mass is 16.5. The van der Waals surface area contributed by atoms with Crippen molar-refractivity contribution in [2.45, 2.75) is 32.2 Å². The molecule has 0 bridgehead atoms. The van der Waals surface area contributed by atoms with Gasteiger partial charge in [0.05, 0.1) is 0 Å². The molecule has 84 valence electrons. The summed E-state index contributed by atoms with van der Waals surface area (Å²) in [5.41, 5.74) is 5.80. The van der Waals surface area contributed by atoms with Crippen molar-refractivity contribution in [3.8, 4) is 0 Å². The number of rotatable bonds is 5. The van der Waals surface area contributed by atoms with Crippen molar-refractivity contribution in [3.05, 3.63) is 0 Å². The van der Waals surface area contributed by atoms with Gasteiger partial charge in [0.2, 0.25) is 0 Å². The number of ether oxygens (including phenoxy) is 1. The Bertz CT molecular complexity index is 142. The largest absolute Gasteiger partial charge is 0.381 e. The van der Waals surface area contributed by atoms with Gasteiger partial charge in [-0.05, 0) is 38.3 Å². The molecule has 1 fully saturated rings. The van der Waals surface area contributed by atoms with Gasteiger partial charge in [0.15, 0.2) is 0 Å². The molecule has 14 heavy (non-hydrogen) atoms. The predicted octanol–water partition coefficient (Wildman–Crippen LogP) is 0.986. The first-order valence-electron chi connectivity index (χ1n) is 5.78. The third-order valence-electron chi connectivity index (χ3n) is 3.44. The molecular weight excluding hydrogens is 176 g/mol. The van der Waals surface area contributed by atoms with Crippen molar-refractivity contribution in [3.63, 3.8) is 0 Å². The van der Waals surface area contributed by atoms with Crippen molar-refractivity contribution in [2.24, 2.45) is 17.6 Å². The Hall–Kier alpha value is -0.120. The zero-order valence-electron chi connectivity index (χ0n) is 9.46. The standard InChI is InChI=1S/C11H24N2O/c1-3-9(8-12)11(13-2)10-4-6-14-7-5-10/h9-11,13H,3-8,12H2,1-2H3. The smallest absolute Gasteiger partial charge is 0.0469 e. The van der Waals surface area contributed by atoms with Gasteiger partial charge in [-0.15, -0.1) is 0 Å². The summed E-state index contributed by atoms with van der Waals surface area (Å²) in [6.45, 7) is 4.86. The SMILES string of the molecule is CCC(CN)C(NC)C1CCOCC1. The van der Waals surface area contributed by atoms with Crippen molar-refractivity contribution in [2.75, 3.05) is 26.8 Å². The Morgan fingerprint density at radius 3 is 2.50 bits per heavy atom. The Labute approximate surface area is 87.4 Å². The van der Waals surface area contributed by atoms with E-state index in [9.17, 15) is 0 Å². The van der Waals surface area contributed by atoms with Gasteiger partial charge >= 0.3 is 0 Å². The second-order valence-corrected chi connectivity index (χ2v) is 4.17. The van der Waals surface area contributed by atoms with E-state index in [0.29, 0.717) is 12.0 Å². The molecule has 0 aromatic rings. The monoisotopic (exact) mass is 200 g/mol. The Kier molecular flexibility index (Phi) is 5.45. The maximum absolute atomic E-state index is 5.80. The van der Waals surface area contributed by atoms with Gasteiger partial charge in [-0.1, -0.05) is 13.3 Å². The summed E-state index contributed by atoms with van der Waals surface area (Å²) in [7, 11) is 2.05. The quantitative estimate of drug-likeness (QED) is 0.695. The van der Waals surface area contributed by atoms with Gasteiger partial charge in [0, 0.05) is 19.3 Å². The average Bonchev–Trinajstić information content (AvgIpc) is 2.27. The van der Waals surface area contributed by atoms with E-state index < -0.39 is 0 Å². The molecule has 2 atom stereocenters. The van der Waals surface area contributed by atoms with Crippen molar-refractivity contribution >= 4 is 0 Å². The fourth-order valence-corrected chi connectivity index (χ4v) is 2.50. The minimum atomic E-state index is 0.578. The maximum Gasteiger partial charge on any atom is 0.0469 e. The van der Waals surface area contributed by atoms with Crippen LogP contribution in [-0.2, 0) is 4.74 Å². The van der Waals surface area contributed by atoms with Gasteiger partial charge in [-0.3, -0.25) is 0 Å². The van der Waals surface area contributed by atoms with Crippen LogP contribution >= 0.6 is 0 Å². The fourth-order valence-electron chi connectivity index (χ4n) is 2.50. The molecule has 0 spiro atoms. The topological polar surface area (TPSA) is 47.3 Å². The lowest BCUT2D eigenvalue weighted by atomic mass is 9.82. The van der Waals surface area contributed by atoms with Gasteiger partial charge in [0.25, 0.3) is 0 Å². The van der Waals surface area contributed by atoms with Crippen LogP contribution in [0.4, 0.5) is 0 Å². The van der Waals surface area contributed by atoms with E-state index in [1.165, 1.54) is 19.3 Å². The highest BCUT2D eigenvalue weighted by Crippen LogP contribution is 2.24. The van der Waals surface area contributed by atoms with E-state index >= 15 is 0 Å². The molecule has 1 heterocycles. The van der Waals surface area contributed by atoms with Crippen molar-refractivity contribution in [1.82, 2.24) is 5.32 Å². The lowest BCUT2D eigenvalue weighted by Gasteiger charge is -2.34. The van der Waals surface area contributed by atoms with Crippen molar-refractivity contribution < 1.29 is 4.74 Å².